The molecule has 13 heteroatoms. The van der Waals surface area contributed by atoms with Gasteiger partial charge in [-0.3, -0.25) is 9.59 Å². The number of hydrogen-bond acceptors (Lipinski definition) is 9. The van der Waals surface area contributed by atoms with E-state index in [2.05, 4.69) is 35.1 Å². The summed E-state index contributed by atoms with van der Waals surface area (Å²) in [5.74, 6) is 5.01. The van der Waals surface area contributed by atoms with Gasteiger partial charge in [-0.05, 0) is 86.7 Å². The molecule has 0 saturated carbocycles. The van der Waals surface area contributed by atoms with Crippen LogP contribution < -0.4 is 21.3 Å². The van der Waals surface area contributed by atoms with E-state index < -0.39 is 5.60 Å². The van der Waals surface area contributed by atoms with E-state index in [0.717, 1.165) is 66.4 Å². The standard InChI is InChI=1S/C31H46N4O4S5/c1-29(41-16-6-17-42-29)31(39,30(2)43-18-7-19-44-30)22-12-10-21(11-13-22)27(37)33-15-5-14-32-25(36)9-4-3-8-24-26-23(20-40-24)34-28(38)35-26/h10-13,23-24,26,39H,3-9,14-20H2,1-2H3,(H,32,36)(H,33,37)(H2,34,35,38)/t23-,24-,26-/m0/s1. The predicted molar refractivity (Wildman–Crippen MR) is 190 cm³/mol. The number of urea groups is 1. The molecule has 4 amide bonds. The summed E-state index contributed by atoms with van der Waals surface area (Å²) in [4.78, 5) is 36.7. The average molecular weight is 699 g/mol. The number of fused-ring (bicyclic) bond motifs is 1. The molecule has 44 heavy (non-hydrogen) atoms. The molecule has 4 heterocycles. The van der Waals surface area contributed by atoms with Gasteiger partial charge in [0.25, 0.3) is 5.91 Å². The molecule has 0 bridgehead atoms. The average Bonchev–Trinajstić information content (AvgIpc) is 3.58. The molecule has 4 aliphatic heterocycles. The maximum atomic E-state index is 12.9. The van der Waals surface area contributed by atoms with Gasteiger partial charge >= 0.3 is 6.03 Å². The summed E-state index contributed by atoms with van der Waals surface area (Å²) in [5, 5.41) is 25.0. The van der Waals surface area contributed by atoms with Gasteiger partial charge in [0.2, 0.25) is 5.91 Å². The number of benzene rings is 1. The number of rotatable bonds is 13. The van der Waals surface area contributed by atoms with Gasteiger partial charge in [-0.1, -0.05) is 18.6 Å². The summed E-state index contributed by atoms with van der Waals surface area (Å²) < 4.78 is -0.757. The number of unbranched alkanes of at least 4 members (excludes halogenated alkanes) is 1. The van der Waals surface area contributed by atoms with E-state index in [1.165, 1.54) is 0 Å². The van der Waals surface area contributed by atoms with Crippen LogP contribution >= 0.6 is 58.8 Å². The first-order valence-corrected chi connectivity index (χ1v) is 20.8. The summed E-state index contributed by atoms with van der Waals surface area (Å²) in [6, 6.07) is 7.95. The predicted octanol–water partition coefficient (Wildman–Crippen LogP) is 5.01. The monoisotopic (exact) mass is 698 g/mol. The molecule has 3 atom stereocenters. The molecule has 0 aliphatic carbocycles. The largest absolute Gasteiger partial charge is 0.380 e. The Balaban J connectivity index is 1.04. The Labute approximate surface area is 283 Å². The minimum Gasteiger partial charge on any atom is -0.380 e. The van der Waals surface area contributed by atoms with Crippen molar-refractivity contribution in [1.82, 2.24) is 21.3 Å². The van der Waals surface area contributed by atoms with Crippen molar-refractivity contribution in [3.8, 4) is 0 Å². The van der Waals surface area contributed by atoms with Gasteiger partial charge in [0.15, 0.2) is 0 Å². The summed E-state index contributed by atoms with van der Waals surface area (Å²) >= 11 is 9.35. The van der Waals surface area contributed by atoms with Crippen molar-refractivity contribution in [3.63, 3.8) is 0 Å². The molecule has 0 aromatic heterocycles. The van der Waals surface area contributed by atoms with E-state index in [1.807, 2.05) is 83.1 Å². The maximum absolute atomic E-state index is 12.9. The van der Waals surface area contributed by atoms with E-state index >= 15 is 0 Å². The molecule has 4 fully saturated rings. The van der Waals surface area contributed by atoms with Crippen LogP contribution in [-0.4, -0.2) is 90.3 Å². The number of aliphatic hydroxyl groups is 1. The highest BCUT2D eigenvalue weighted by molar-refractivity contribution is 8.20. The molecule has 0 spiro atoms. The lowest BCUT2D eigenvalue weighted by atomic mass is 9.86. The van der Waals surface area contributed by atoms with Crippen LogP contribution in [0.3, 0.4) is 0 Å². The van der Waals surface area contributed by atoms with Gasteiger partial charge in [-0.25, -0.2) is 4.79 Å². The van der Waals surface area contributed by atoms with E-state index in [-0.39, 0.29) is 38.1 Å². The van der Waals surface area contributed by atoms with Crippen LogP contribution in [0.4, 0.5) is 4.79 Å². The van der Waals surface area contributed by atoms with Gasteiger partial charge in [-0.2, -0.15) is 11.8 Å². The zero-order valence-electron chi connectivity index (χ0n) is 25.7. The molecule has 0 unspecified atom stereocenters. The Hall–Kier alpha value is -0.860. The van der Waals surface area contributed by atoms with E-state index in [0.29, 0.717) is 36.7 Å². The molecule has 0 radical (unpaired) electrons. The summed E-state index contributed by atoms with van der Waals surface area (Å²) in [6.07, 6.45) is 6.25. The quantitative estimate of drug-likeness (QED) is 0.143. The van der Waals surface area contributed by atoms with Crippen LogP contribution in [0.2, 0.25) is 0 Å². The molecule has 5 N–H and O–H groups in total. The lowest BCUT2D eigenvalue weighted by Crippen LogP contribution is -2.59. The molecule has 8 nitrogen and oxygen atoms in total. The van der Waals surface area contributed by atoms with Crippen LogP contribution in [0.15, 0.2) is 24.3 Å². The topological polar surface area (TPSA) is 120 Å². The Morgan fingerprint density at radius 3 is 2.16 bits per heavy atom. The Morgan fingerprint density at radius 2 is 1.52 bits per heavy atom. The molecule has 244 valence electrons. The number of hydrogen-bond donors (Lipinski definition) is 5. The minimum absolute atomic E-state index is 0.0400. The zero-order chi connectivity index (χ0) is 31.2. The number of carbonyl (C=O) groups is 3. The van der Waals surface area contributed by atoms with E-state index in [9.17, 15) is 19.5 Å². The third kappa shape index (κ3) is 7.64. The van der Waals surface area contributed by atoms with Crippen molar-refractivity contribution < 1.29 is 19.5 Å². The molecule has 4 aliphatic rings. The maximum Gasteiger partial charge on any atom is 0.315 e. The molecule has 4 saturated heterocycles. The van der Waals surface area contributed by atoms with Crippen LogP contribution in [0.25, 0.3) is 0 Å². The molecule has 1 aromatic rings. The number of nitrogens with one attached hydrogen (secondary N) is 4. The highest BCUT2D eigenvalue weighted by Gasteiger charge is 2.61. The van der Waals surface area contributed by atoms with Crippen LogP contribution in [-0.2, 0) is 10.4 Å². The first-order valence-electron chi connectivity index (χ1n) is 15.8. The minimum atomic E-state index is -1.07. The van der Waals surface area contributed by atoms with E-state index in [4.69, 9.17) is 0 Å². The summed E-state index contributed by atoms with van der Waals surface area (Å²) in [7, 11) is 0. The van der Waals surface area contributed by atoms with Crippen molar-refractivity contribution in [3.05, 3.63) is 35.4 Å². The Kier molecular flexibility index (Phi) is 12.0. The van der Waals surface area contributed by atoms with Crippen molar-refractivity contribution in [2.75, 3.05) is 41.9 Å². The fourth-order valence-corrected chi connectivity index (χ4v) is 15.1. The van der Waals surface area contributed by atoms with Crippen LogP contribution in [0.1, 0.15) is 74.7 Å². The highest BCUT2D eigenvalue weighted by atomic mass is 32.2. The van der Waals surface area contributed by atoms with Crippen molar-refractivity contribution >= 4 is 76.7 Å². The van der Waals surface area contributed by atoms with Gasteiger partial charge in [0.1, 0.15) is 5.60 Å². The smallest absolute Gasteiger partial charge is 0.315 e. The first-order chi connectivity index (χ1) is 21.2. The van der Waals surface area contributed by atoms with Gasteiger partial charge in [0.05, 0.1) is 20.2 Å². The second kappa shape index (κ2) is 15.4. The molecular weight excluding hydrogens is 653 g/mol. The SMILES string of the molecule is CC1(C(O)(c2ccc(C(=O)NCCCNC(=O)CCCC[C@@H]3SC[C@@H]4NC(=O)N[C@@H]43)cc2)C2(C)SCCCS2)SCCCS1. The van der Waals surface area contributed by atoms with Crippen LogP contribution in [0.5, 0.6) is 0 Å². The van der Waals surface area contributed by atoms with Crippen molar-refractivity contribution in [1.29, 1.82) is 0 Å². The number of carbonyl (C=O) groups excluding carboxylic acids is 3. The lowest BCUT2D eigenvalue weighted by Gasteiger charge is -2.55. The fourth-order valence-electron chi connectivity index (χ4n) is 6.47. The summed E-state index contributed by atoms with van der Waals surface area (Å²) in [6.45, 7) is 5.39. The summed E-state index contributed by atoms with van der Waals surface area (Å²) in [5.41, 5.74) is 0.379. The van der Waals surface area contributed by atoms with Crippen molar-refractivity contribution in [2.24, 2.45) is 0 Å². The van der Waals surface area contributed by atoms with Gasteiger partial charge < -0.3 is 26.4 Å². The molecule has 5 rings (SSSR count). The third-order valence-electron chi connectivity index (χ3n) is 9.01. The normalized spacial score (nSPS) is 25.9. The zero-order valence-corrected chi connectivity index (χ0v) is 29.7. The third-order valence-corrected chi connectivity index (χ3v) is 17.3. The Morgan fingerprint density at radius 1 is 0.909 bits per heavy atom. The first kappa shape index (κ1) is 34.5. The van der Waals surface area contributed by atoms with Crippen LogP contribution in [0, 0.1) is 0 Å². The highest BCUT2D eigenvalue weighted by Crippen LogP contribution is 2.64. The van der Waals surface area contributed by atoms with Gasteiger partial charge in [-0.15, -0.1) is 47.0 Å². The second-order valence-electron chi connectivity index (χ2n) is 12.1. The number of thioether (sulfide) groups is 5. The second-order valence-corrected chi connectivity index (χ2v) is 19.9. The van der Waals surface area contributed by atoms with Crippen molar-refractivity contribution in [2.45, 2.75) is 89.9 Å². The fraction of sp³-hybridized carbons (Fsp3) is 0.710. The number of amides is 4. The Bertz CT molecular complexity index is 1140. The van der Waals surface area contributed by atoms with Gasteiger partial charge in [0, 0.05) is 36.1 Å². The van der Waals surface area contributed by atoms with E-state index in [1.54, 1.807) is 0 Å². The molecule has 1 aromatic carbocycles. The lowest BCUT2D eigenvalue weighted by molar-refractivity contribution is -0.121. The molecular formula is C31H46N4O4S5.